The predicted octanol–water partition coefficient (Wildman–Crippen LogP) is 5.22. The molecule has 0 amide bonds. The number of halogens is 1. The Labute approximate surface area is 232 Å². The molecule has 2 aliphatic heterocycles. The third kappa shape index (κ3) is 4.56. The Balaban J connectivity index is 1.89. The number of ether oxygens (including phenoxy) is 1. The van der Waals surface area contributed by atoms with Crippen LogP contribution in [-0.2, 0) is 17.7 Å². The second-order valence-electron chi connectivity index (χ2n) is 11.7. The summed E-state index contributed by atoms with van der Waals surface area (Å²) in [5.41, 5.74) is 5.71. The van der Waals surface area contributed by atoms with Crippen molar-refractivity contribution in [1.82, 2.24) is 19.5 Å². The van der Waals surface area contributed by atoms with Crippen molar-refractivity contribution >= 4 is 45.8 Å². The van der Waals surface area contributed by atoms with E-state index >= 15 is 0 Å². The topological polar surface area (TPSA) is 127 Å². The van der Waals surface area contributed by atoms with Crippen molar-refractivity contribution in [2.45, 2.75) is 108 Å². The van der Waals surface area contributed by atoms with Gasteiger partial charge in [-0.3, -0.25) is 4.57 Å². The van der Waals surface area contributed by atoms with E-state index in [1.807, 2.05) is 0 Å². The van der Waals surface area contributed by atoms with Gasteiger partial charge in [0.1, 0.15) is 23.3 Å². The van der Waals surface area contributed by atoms with Gasteiger partial charge in [-0.1, -0.05) is 73.1 Å². The monoisotopic (exact) mass is 583 g/mol. The minimum absolute atomic E-state index is 0.00389. The zero-order chi connectivity index (χ0) is 28.2. The van der Waals surface area contributed by atoms with Gasteiger partial charge in [-0.2, -0.15) is 9.97 Å². The highest BCUT2D eigenvalue weighted by molar-refractivity contribution is 6.84. The first-order chi connectivity index (χ1) is 17.7. The maximum absolute atomic E-state index is 12.4. The van der Waals surface area contributed by atoms with Crippen LogP contribution in [0.3, 0.4) is 0 Å². The lowest BCUT2D eigenvalue weighted by Crippen LogP contribution is -2.67. The molecule has 2 aliphatic rings. The lowest BCUT2D eigenvalue weighted by atomic mass is 9.90. The van der Waals surface area contributed by atoms with Crippen molar-refractivity contribution in [3.05, 3.63) is 24.1 Å². The molecule has 0 spiro atoms. The fourth-order valence-electron chi connectivity index (χ4n) is 6.07. The number of nitrogens with two attached hydrogens (primary N) is 1. The first-order valence-corrected chi connectivity index (χ1v) is 17.7. The van der Waals surface area contributed by atoms with Crippen LogP contribution in [0.1, 0.15) is 68.0 Å². The number of fused-ring (bicyclic) bond motifs is 2. The van der Waals surface area contributed by atoms with E-state index in [2.05, 4.69) is 76.9 Å². The highest BCUT2D eigenvalue weighted by Gasteiger charge is 2.65. The number of hydrogen-bond donors (Lipinski definition) is 2. The molecule has 13 heteroatoms. The molecule has 0 aromatic carbocycles. The molecule has 4 heterocycles. The molecule has 3 N–H and O–H groups in total. The van der Waals surface area contributed by atoms with E-state index in [0.717, 1.165) is 0 Å². The molecule has 0 bridgehead atoms. The predicted molar refractivity (Wildman–Crippen MR) is 152 cm³/mol. The molecular formula is C25H42ClN5O5Si2. The Kier molecular flexibility index (Phi) is 8.21. The third-order valence-corrected chi connectivity index (χ3v) is 18.5. The molecule has 2 aromatic rings. The second kappa shape index (κ2) is 10.5. The normalized spacial score (nSPS) is 29.3. The van der Waals surface area contributed by atoms with Crippen LogP contribution in [0.2, 0.25) is 27.3 Å². The van der Waals surface area contributed by atoms with Gasteiger partial charge < -0.3 is 28.5 Å². The van der Waals surface area contributed by atoms with Gasteiger partial charge in [0, 0.05) is 6.42 Å². The number of nitrogen functional groups attached to an aromatic ring is 1. The number of hydrogen-bond acceptors (Lipinski definition) is 9. The van der Waals surface area contributed by atoms with Crippen molar-refractivity contribution in [1.29, 1.82) is 0 Å². The number of anilines is 1. The Bertz CT molecular complexity index is 1160. The zero-order valence-electron chi connectivity index (χ0n) is 23.6. The number of imidazole rings is 1. The molecule has 2 aromatic heterocycles. The van der Waals surface area contributed by atoms with Gasteiger partial charge in [0.25, 0.3) is 0 Å². The molecular weight excluding hydrogens is 542 g/mol. The van der Waals surface area contributed by atoms with E-state index in [-0.39, 0.29) is 46.3 Å². The van der Waals surface area contributed by atoms with E-state index in [0.29, 0.717) is 11.2 Å². The Morgan fingerprint density at radius 3 is 2.29 bits per heavy atom. The van der Waals surface area contributed by atoms with Gasteiger partial charge in [-0.25, -0.2) is 4.98 Å². The minimum Gasteiger partial charge on any atom is -0.414 e. The average Bonchev–Trinajstić information content (AvgIpc) is 3.32. The van der Waals surface area contributed by atoms with Crippen LogP contribution in [0.25, 0.3) is 11.2 Å². The number of aliphatic hydroxyl groups is 1. The smallest absolute Gasteiger partial charge is 0.335 e. The molecule has 4 atom stereocenters. The van der Waals surface area contributed by atoms with Crippen LogP contribution < -0.4 is 5.73 Å². The molecule has 10 nitrogen and oxygen atoms in total. The van der Waals surface area contributed by atoms with Crippen molar-refractivity contribution in [3.8, 4) is 0 Å². The second-order valence-corrected chi connectivity index (χ2v) is 20.9. The Morgan fingerprint density at radius 1 is 1.13 bits per heavy atom. The fraction of sp³-hybridized carbons (Fsp3) is 0.720. The summed E-state index contributed by atoms with van der Waals surface area (Å²) >= 11 is 6.30. The van der Waals surface area contributed by atoms with E-state index in [9.17, 15) is 5.11 Å². The summed E-state index contributed by atoms with van der Waals surface area (Å²) in [4.78, 5) is 12.8. The quantitative estimate of drug-likeness (QED) is 0.256. The third-order valence-electron chi connectivity index (χ3n) is 8.00. The maximum Gasteiger partial charge on any atom is 0.335 e. The van der Waals surface area contributed by atoms with Gasteiger partial charge in [0.05, 0.1) is 12.9 Å². The SMILES string of the molecule is C=CC[C@@]1(O)C2O[Si](C(C)C)(C(C)C)O[Si](C(C)C)(C(C)C)OCC2OC1n1cnc2c(Cl)nc(N)nc21. The van der Waals surface area contributed by atoms with Crippen molar-refractivity contribution < 1.29 is 22.8 Å². The number of aromatic nitrogens is 4. The van der Waals surface area contributed by atoms with Gasteiger partial charge in [0.2, 0.25) is 5.95 Å². The maximum atomic E-state index is 12.4. The van der Waals surface area contributed by atoms with Crippen LogP contribution in [0.15, 0.2) is 19.0 Å². The van der Waals surface area contributed by atoms with Gasteiger partial charge in [-0.15, -0.1) is 6.58 Å². The molecule has 38 heavy (non-hydrogen) atoms. The van der Waals surface area contributed by atoms with Crippen LogP contribution in [0.4, 0.5) is 5.95 Å². The molecule has 212 valence electrons. The van der Waals surface area contributed by atoms with E-state index in [1.165, 1.54) is 6.33 Å². The fourth-order valence-corrected chi connectivity index (χ4v) is 17.5. The number of nitrogens with zero attached hydrogens (tertiary/aromatic N) is 4. The summed E-state index contributed by atoms with van der Waals surface area (Å²) in [5.74, 6) is 0.00389. The molecule has 2 saturated heterocycles. The molecule has 0 aliphatic carbocycles. The van der Waals surface area contributed by atoms with Crippen LogP contribution in [-0.4, -0.2) is 66.2 Å². The summed E-state index contributed by atoms with van der Waals surface area (Å²) in [5, 5.41) is 12.6. The Morgan fingerprint density at radius 2 is 1.74 bits per heavy atom. The summed E-state index contributed by atoms with van der Waals surface area (Å²) in [6.45, 7) is 21.4. The molecule has 0 saturated carbocycles. The molecule has 3 unspecified atom stereocenters. The highest BCUT2D eigenvalue weighted by Crippen LogP contribution is 2.52. The highest BCUT2D eigenvalue weighted by atomic mass is 35.5. The van der Waals surface area contributed by atoms with Crippen LogP contribution in [0, 0.1) is 0 Å². The summed E-state index contributed by atoms with van der Waals surface area (Å²) < 4.78 is 29.6. The van der Waals surface area contributed by atoms with E-state index < -0.39 is 41.2 Å². The zero-order valence-corrected chi connectivity index (χ0v) is 26.4. The van der Waals surface area contributed by atoms with Gasteiger partial charge in [0.15, 0.2) is 17.0 Å². The lowest BCUT2D eigenvalue weighted by Gasteiger charge is -2.52. The summed E-state index contributed by atoms with van der Waals surface area (Å²) in [7, 11) is -5.77. The largest absolute Gasteiger partial charge is 0.414 e. The van der Waals surface area contributed by atoms with E-state index in [1.54, 1.807) is 10.6 Å². The molecule has 0 radical (unpaired) electrons. The van der Waals surface area contributed by atoms with Crippen molar-refractivity contribution in [2.75, 3.05) is 12.3 Å². The van der Waals surface area contributed by atoms with Crippen molar-refractivity contribution in [2.24, 2.45) is 0 Å². The van der Waals surface area contributed by atoms with Gasteiger partial charge in [-0.05, 0) is 22.2 Å². The van der Waals surface area contributed by atoms with E-state index in [4.69, 9.17) is 35.0 Å². The Hall–Kier alpha value is -1.39. The first kappa shape index (κ1) is 29.6. The standard InChI is InChI=1S/C25H42ClN5O5Si2/c1-10-11-25(32)20-18(34-23(25)31-13-28-19-21(26)29-24(27)30-22(19)31)12-33-37(14(2)3,15(4)5)36-38(35-20,16(6)7)17(8)9/h10,13-18,20,23,32H,1,11-12H2,2-9H3,(H2,27,29,30)/t18?,20?,23?,25-/m1/s1. The number of rotatable bonds is 7. The van der Waals surface area contributed by atoms with Crippen LogP contribution >= 0.6 is 11.6 Å². The van der Waals surface area contributed by atoms with Crippen molar-refractivity contribution in [3.63, 3.8) is 0 Å². The minimum atomic E-state index is -3.00. The summed E-state index contributed by atoms with van der Waals surface area (Å²) in [6, 6.07) is 0. The first-order valence-electron chi connectivity index (χ1n) is 13.4. The molecule has 4 rings (SSSR count). The average molecular weight is 584 g/mol. The van der Waals surface area contributed by atoms with Crippen LogP contribution in [0.5, 0.6) is 0 Å². The lowest BCUT2D eigenvalue weighted by molar-refractivity contribution is -0.104. The summed E-state index contributed by atoms with van der Waals surface area (Å²) in [6.07, 6.45) is 1.21. The molecule has 2 fully saturated rings. The van der Waals surface area contributed by atoms with Gasteiger partial charge >= 0.3 is 17.1 Å².